The molecule has 2 unspecified atom stereocenters. The molecule has 4 rings (SSSR count). The number of nitrogens with zero attached hydrogens (tertiary/aromatic N) is 2. The van der Waals surface area contributed by atoms with Gasteiger partial charge in [0.1, 0.15) is 10.9 Å². The fraction of sp³-hybridized carbons (Fsp3) is 0.421. The molecule has 3 heterocycles. The van der Waals surface area contributed by atoms with Gasteiger partial charge in [-0.15, -0.1) is 0 Å². The Morgan fingerprint density at radius 2 is 2.04 bits per heavy atom. The van der Waals surface area contributed by atoms with Gasteiger partial charge in [0.25, 0.3) is 11.8 Å². The van der Waals surface area contributed by atoms with E-state index < -0.39 is 12.1 Å². The third kappa shape index (κ3) is 3.46. The molecule has 0 aliphatic carbocycles. The van der Waals surface area contributed by atoms with E-state index in [0.29, 0.717) is 29.6 Å². The molecule has 8 heteroatoms. The van der Waals surface area contributed by atoms with Crippen molar-refractivity contribution in [3.63, 3.8) is 0 Å². The van der Waals surface area contributed by atoms with Crippen LogP contribution in [0.4, 0.5) is 4.79 Å². The Morgan fingerprint density at radius 1 is 1.26 bits per heavy atom. The standard InChI is InChI=1S/C19H22N4O3S/c1-12-6-5-9-22(10-12)18(25)16-14-15(21-27-16)17(24)23(19(26)20-14)11-13-7-3-2-4-8-13/h2-4,7-8,12,15,21H,5-6,9-11H2,1H3,(H,20,26). The number of amides is 4. The predicted molar refractivity (Wildman–Crippen MR) is 102 cm³/mol. The highest BCUT2D eigenvalue weighted by molar-refractivity contribution is 8.02. The summed E-state index contributed by atoms with van der Waals surface area (Å²) in [6.07, 6.45) is 2.10. The zero-order valence-electron chi connectivity index (χ0n) is 15.1. The topological polar surface area (TPSA) is 81.8 Å². The zero-order chi connectivity index (χ0) is 19.0. The summed E-state index contributed by atoms with van der Waals surface area (Å²) >= 11 is 1.14. The number of hydrogen-bond acceptors (Lipinski definition) is 5. The molecule has 2 atom stereocenters. The van der Waals surface area contributed by atoms with Gasteiger partial charge in [0.05, 0.1) is 12.2 Å². The summed E-state index contributed by atoms with van der Waals surface area (Å²) in [5.74, 6) is 0.0217. The molecule has 1 aromatic carbocycles. The molecule has 3 aliphatic heterocycles. The van der Waals surface area contributed by atoms with Crippen LogP contribution in [0.1, 0.15) is 25.3 Å². The summed E-state index contributed by atoms with van der Waals surface area (Å²) in [5.41, 5.74) is 1.26. The van der Waals surface area contributed by atoms with Crippen LogP contribution >= 0.6 is 11.9 Å². The van der Waals surface area contributed by atoms with Gasteiger partial charge in [-0.1, -0.05) is 37.3 Å². The van der Waals surface area contributed by atoms with Gasteiger partial charge in [-0.2, -0.15) is 0 Å². The van der Waals surface area contributed by atoms with Crippen molar-refractivity contribution in [2.75, 3.05) is 13.1 Å². The van der Waals surface area contributed by atoms with Crippen LogP contribution in [0, 0.1) is 5.92 Å². The van der Waals surface area contributed by atoms with Crippen molar-refractivity contribution in [3.05, 3.63) is 46.5 Å². The Kier molecular flexibility index (Phi) is 4.92. The predicted octanol–water partition coefficient (Wildman–Crippen LogP) is 1.83. The number of carbonyl (C=O) groups excluding carboxylic acids is 3. The molecule has 0 radical (unpaired) electrons. The Labute approximate surface area is 162 Å². The van der Waals surface area contributed by atoms with Crippen LogP contribution in [0.2, 0.25) is 0 Å². The minimum absolute atomic E-state index is 0.110. The number of fused-ring (bicyclic) bond motifs is 1. The summed E-state index contributed by atoms with van der Waals surface area (Å²) in [7, 11) is 0. The number of imide groups is 1. The Bertz CT molecular complexity index is 810. The highest BCUT2D eigenvalue weighted by Gasteiger charge is 2.45. The van der Waals surface area contributed by atoms with Gasteiger partial charge in [0, 0.05) is 13.1 Å². The molecule has 4 amide bonds. The van der Waals surface area contributed by atoms with Crippen molar-refractivity contribution in [1.29, 1.82) is 0 Å². The van der Waals surface area contributed by atoms with Crippen molar-refractivity contribution in [3.8, 4) is 0 Å². The monoisotopic (exact) mass is 386 g/mol. The van der Waals surface area contributed by atoms with Gasteiger partial charge in [-0.3, -0.25) is 14.5 Å². The van der Waals surface area contributed by atoms with E-state index in [1.165, 1.54) is 4.90 Å². The van der Waals surface area contributed by atoms with Crippen LogP contribution in [0.5, 0.6) is 0 Å². The fourth-order valence-electron chi connectivity index (χ4n) is 3.70. The third-order valence-corrected chi connectivity index (χ3v) is 6.09. The number of nitrogens with one attached hydrogen (secondary N) is 2. The Hall–Kier alpha value is -2.32. The molecule has 7 nitrogen and oxygen atoms in total. The first-order valence-corrected chi connectivity index (χ1v) is 9.98. The van der Waals surface area contributed by atoms with Crippen LogP contribution in [-0.4, -0.2) is 46.8 Å². The lowest BCUT2D eigenvalue weighted by Crippen LogP contribution is -2.57. The maximum atomic E-state index is 12.9. The molecule has 3 aliphatic rings. The van der Waals surface area contributed by atoms with E-state index in [2.05, 4.69) is 17.0 Å². The van der Waals surface area contributed by atoms with Gasteiger partial charge in [-0.05, 0) is 36.3 Å². The number of urea groups is 1. The SMILES string of the molecule is CC1CCCN(C(=O)C2=C3NC(=O)N(Cc4ccccc4)C(=O)C3NS2)C1. The molecule has 1 aromatic rings. The highest BCUT2D eigenvalue weighted by Crippen LogP contribution is 2.33. The lowest BCUT2D eigenvalue weighted by molar-refractivity contribution is -0.130. The van der Waals surface area contributed by atoms with E-state index in [1.807, 2.05) is 35.2 Å². The molecule has 0 aromatic heterocycles. The van der Waals surface area contributed by atoms with Crippen LogP contribution < -0.4 is 10.0 Å². The fourth-order valence-corrected chi connectivity index (χ4v) is 4.65. The zero-order valence-corrected chi connectivity index (χ0v) is 15.9. The van der Waals surface area contributed by atoms with Crippen LogP contribution in [-0.2, 0) is 16.1 Å². The molecular weight excluding hydrogens is 364 g/mol. The first-order chi connectivity index (χ1) is 13.0. The maximum Gasteiger partial charge on any atom is 0.328 e. The van der Waals surface area contributed by atoms with E-state index in [4.69, 9.17) is 0 Å². The van der Waals surface area contributed by atoms with Crippen LogP contribution in [0.3, 0.4) is 0 Å². The number of piperidine rings is 1. The smallest absolute Gasteiger partial charge is 0.328 e. The summed E-state index contributed by atoms with van der Waals surface area (Å²) in [4.78, 5) is 41.7. The van der Waals surface area contributed by atoms with E-state index in [-0.39, 0.29) is 18.4 Å². The van der Waals surface area contributed by atoms with Crippen molar-refractivity contribution in [2.45, 2.75) is 32.4 Å². The average molecular weight is 386 g/mol. The summed E-state index contributed by atoms with van der Waals surface area (Å²) in [6, 6.07) is 8.18. The van der Waals surface area contributed by atoms with Gasteiger partial charge >= 0.3 is 6.03 Å². The molecule has 0 saturated carbocycles. The summed E-state index contributed by atoms with van der Waals surface area (Å²) in [6.45, 7) is 3.76. The molecule has 0 bridgehead atoms. The molecule has 142 valence electrons. The minimum Gasteiger partial charge on any atom is -0.338 e. The molecule has 2 N–H and O–H groups in total. The Balaban J connectivity index is 1.53. The second-order valence-electron chi connectivity index (χ2n) is 7.23. The quantitative estimate of drug-likeness (QED) is 0.775. The van der Waals surface area contributed by atoms with Gasteiger partial charge in [0.15, 0.2) is 0 Å². The van der Waals surface area contributed by atoms with Crippen LogP contribution in [0.25, 0.3) is 0 Å². The van der Waals surface area contributed by atoms with Gasteiger partial charge in [0.2, 0.25) is 0 Å². The van der Waals surface area contributed by atoms with Crippen LogP contribution in [0.15, 0.2) is 40.9 Å². The molecule has 27 heavy (non-hydrogen) atoms. The average Bonchev–Trinajstić information content (AvgIpc) is 3.09. The number of benzene rings is 1. The van der Waals surface area contributed by atoms with Crippen molar-refractivity contribution >= 4 is 29.8 Å². The highest BCUT2D eigenvalue weighted by atomic mass is 32.2. The number of likely N-dealkylation sites (tertiary alicyclic amines) is 1. The molecule has 0 spiro atoms. The minimum atomic E-state index is -0.697. The van der Waals surface area contributed by atoms with Crippen molar-refractivity contribution in [2.24, 2.45) is 5.92 Å². The van der Waals surface area contributed by atoms with E-state index >= 15 is 0 Å². The van der Waals surface area contributed by atoms with E-state index in [1.54, 1.807) is 0 Å². The molecular formula is C19H22N4O3S. The molecule has 2 fully saturated rings. The third-order valence-electron chi connectivity index (χ3n) is 5.13. The number of rotatable bonds is 3. The Morgan fingerprint density at radius 3 is 2.78 bits per heavy atom. The summed E-state index contributed by atoms with van der Waals surface area (Å²) in [5, 5.41) is 2.78. The molecule has 2 saturated heterocycles. The van der Waals surface area contributed by atoms with Gasteiger partial charge < -0.3 is 10.2 Å². The van der Waals surface area contributed by atoms with E-state index in [0.717, 1.165) is 30.4 Å². The second-order valence-corrected chi connectivity index (χ2v) is 8.08. The normalized spacial score (nSPS) is 25.5. The van der Waals surface area contributed by atoms with E-state index in [9.17, 15) is 14.4 Å². The van der Waals surface area contributed by atoms with Crippen molar-refractivity contribution in [1.82, 2.24) is 19.8 Å². The second kappa shape index (κ2) is 7.36. The number of carbonyl (C=O) groups is 3. The van der Waals surface area contributed by atoms with Gasteiger partial charge in [-0.25, -0.2) is 9.52 Å². The largest absolute Gasteiger partial charge is 0.338 e. The number of hydrogen-bond donors (Lipinski definition) is 2. The first-order valence-electron chi connectivity index (χ1n) is 9.16. The lowest BCUT2D eigenvalue weighted by atomic mass is 10.00. The summed E-state index contributed by atoms with van der Waals surface area (Å²) < 4.78 is 3.02. The van der Waals surface area contributed by atoms with Crippen molar-refractivity contribution < 1.29 is 14.4 Å². The lowest BCUT2D eigenvalue weighted by Gasteiger charge is -2.32. The first kappa shape index (κ1) is 18.1. The maximum absolute atomic E-state index is 12.9.